The van der Waals surface area contributed by atoms with Crippen LogP contribution in [0.4, 0.5) is 4.39 Å². The van der Waals surface area contributed by atoms with Gasteiger partial charge < -0.3 is 5.73 Å². The Kier molecular flexibility index (Phi) is 2.55. The molecule has 0 spiro atoms. The molecule has 76 valence electrons. The van der Waals surface area contributed by atoms with E-state index in [0.29, 0.717) is 5.92 Å². The van der Waals surface area contributed by atoms with Gasteiger partial charge in [-0.05, 0) is 55.4 Å². The van der Waals surface area contributed by atoms with Gasteiger partial charge in [0.1, 0.15) is 5.82 Å². The van der Waals surface area contributed by atoms with Crippen LogP contribution in [-0.4, -0.2) is 6.04 Å². The van der Waals surface area contributed by atoms with Crippen LogP contribution in [0.3, 0.4) is 0 Å². The first-order valence-corrected chi connectivity index (χ1v) is 5.22. The van der Waals surface area contributed by atoms with Gasteiger partial charge >= 0.3 is 0 Å². The minimum absolute atomic E-state index is 0.130. The van der Waals surface area contributed by atoms with E-state index in [-0.39, 0.29) is 11.9 Å². The zero-order valence-corrected chi connectivity index (χ0v) is 8.46. The molecule has 14 heavy (non-hydrogen) atoms. The molecule has 2 unspecified atom stereocenters. The number of rotatable bonds is 1. The quantitative estimate of drug-likeness (QED) is 0.729. The largest absolute Gasteiger partial charge is 0.327 e. The van der Waals surface area contributed by atoms with E-state index in [1.807, 2.05) is 13.0 Å². The summed E-state index contributed by atoms with van der Waals surface area (Å²) in [7, 11) is 0. The van der Waals surface area contributed by atoms with Gasteiger partial charge in [0, 0.05) is 6.04 Å². The Morgan fingerprint density at radius 3 is 3.00 bits per heavy atom. The first-order chi connectivity index (χ1) is 6.68. The van der Waals surface area contributed by atoms with E-state index in [0.717, 1.165) is 24.8 Å². The van der Waals surface area contributed by atoms with E-state index in [1.165, 1.54) is 5.56 Å². The number of fused-ring (bicyclic) bond motifs is 1. The number of aryl methyl sites for hydroxylation is 1. The van der Waals surface area contributed by atoms with Gasteiger partial charge in [0.05, 0.1) is 0 Å². The van der Waals surface area contributed by atoms with Gasteiger partial charge in [0.15, 0.2) is 0 Å². The maximum absolute atomic E-state index is 13.0. The number of benzene rings is 1. The SMILES string of the molecule is CC(N)C1CCCc2cc(F)ccc21. The molecule has 0 fully saturated rings. The van der Waals surface area contributed by atoms with Gasteiger partial charge in [-0.1, -0.05) is 6.07 Å². The summed E-state index contributed by atoms with van der Waals surface area (Å²) in [5.74, 6) is 0.286. The van der Waals surface area contributed by atoms with Gasteiger partial charge in [0.2, 0.25) is 0 Å². The van der Waals surface area contributed by atoms with E-state index in [4.69, 9.17) is 5.73 Å². The molecule has 2 N–H and O–H groups in total. The second kappa shape index (κ2) is 3.70. The van der Waals surface area contributed by atoms with Crippen LogP contribution in [0.2, 0.25) is 0 Å². The molecule has 1 aliphatic rings. The maximum Gasteiger partial charge on any atom is 0.123 e. The van der Waals surface area contributed by atoms with Crippen LogP contribution in [0.25, 0.3) is 0 Å². The molecule has 0 radical (unpaired) electrons. The normalized spacial score (nSPS) is 22.9. The molecule has 0 amide bonds. The van der Waals surface area contributed by atoms with Crippen LogP contribution < -0.4 is 5.73 Å². The third-order valence-electron chi connectivity index (χ3n) is 3.10. The number of nitrogens with two attached hydrogens (primary N) is 1. The number of hydrogen-bond donors (Lipinski definition) is 1. The van der Waals surface area contributed by atoms with Crippen molar-refractivity contribution in [1.29, 1.82) is 0 Å². The summed E-state index contributed by atoms with van der Waals surface area (Å²) in [6, 6.07) is 5.26. The average molecular weight is 193 g/mol. The van der Waals surface area contributed by atoms with E-state index in [2.05, 4.69) is 0 Å². The zero-order valence-electron chi connectivity index (χ0n) is 8.46. The summed E-state index contributed by atoms with van der Waals surface area (Å²) < 4.78 is 13.0. The van der Waals surface area contributed by atoms with Gasteiger partial charge in [-0.25, -0.2) is 4.39 Å². The van der Waals surface area contributed by atoms with Crippen molar-refractivity contribution in [1.82, 2.24) is 0 Å². The highest BCUT2D eigenvalue weighted by Crippen LogP contribution is 2.33. The summed E-state index contributed by atoms with van der Waals surface area (Å²) in [5, 5.41) is 0. The Morgan fingerprint density at radius 1 is 1.50 bits per heavy atom. The lowest BCUT2D eigenvalue weighted by atomic mass is 9.79. The smallest absolute Gasteiger partial charge is 0.123 e. The molecule has 0 heterocycles. The van der Waals surface area contributed by atoms with Crippen molar-refractivity contribution < 1.29 is 4.39 Å². The van der Waals surface area contributed by atoms with Crippen LogP contribution in [0.1, 0.15) is 36.8 Å². The molecule has 1 aromatic rings. The molecular weight excluding hydrogens is 177 g/mol. The van der Waals surface area contributed by atoms with Crippen molar-refractivity contribution in [3.05, 3.63) is 35.1 Å². The average Bonchev–Trinajstić information content (AvgIpc) is 2.16. The molecule has 1 aliphatic carbocycles. The van der Waals surface area contributed by atoms with Crippen molar-refractivity contribution in [3.63, 3.8) is 0 Å². The summed E-state index contributed by atoms with van der Waals surface area (Å²) >= 11 is 0. The van der Waals surface area contributed by atoms with Gasteiger partial charge in [-0.2, -0.15) is 0 Å². The van der Waals surface area contributed by atoms with Crippen molar-refractivity contribution in [2.75, 3.05) is 0 Å². The monoisotopic (exact) mass is 193 g/mol. The molecule has 1 aromatic carbocycles. The first kappa shape index (κ1) is 9.66. The summed E-state index contributed by atoms with van der Waals surface area (Å²) in [4.78, 5) is 0. The molecular formula is C12H16FN. The molecule has 0 aliphatic heterocycles. The van der Waals surface area contributed by atoms with Crippen LogP contribution >= 0.6 is 0 Å². The van der Waals surface area contributed by atoms with E-state index in [9.17, 15) is 4.39 Å². The number of halogens is 1. The molecule has 0 aromatic heterocycles. The Bertz CT molecular complexity index is 333. The molecule has 0 saturated carbocycles. The lowest BCUT2D eigenvalue weighted by Gasteiger charge is -2.28. The second-order valence-electron chi connectivity index (χ2n) is 4.20. The van der Waals surface area contributed by atoms with Crippen molar-refractivity contribution in [2.24, 2.45) is 5.73 Å². The first-order valence-electron chi connectivity index (χ1n) is 5.22. The van der Waals surface area contributed by atoms with Crippen LogP contribution in [0.15, 0.2) is 18.2 Å². The number of hydrogen-bond acceptors (Lipinski definition) is 1. The van der Waals surface area contributed by atoms with E-state index < -0.39 is 0 Å². The Morgan fingerprint density at radius 2 is 2.29 bits per heavy atom. The van der Waals surface area contributed by atoms with Gasteiger partial charge in [-0.15, -0.1) is 0 Å². The lowest BCUT2D eigenvalue weighted by molar-refractivity contribution is 0.482. The topological polar surface area (TPSA) is 26.0 Å². The summed E-state index contributed by atoms with van der Waals surface area (Å²) in [5.41, 5.74) is 8.33. The molecule has 1 nitrogen and oxygen atoms in total. The highest BCUT2D eigenvalue weighted by Gasteiger charge is 2.23. The van der Waals surface area contributed by atoms with Crippen molar-refractivity contribution in [2.45, 2.75) is 38.1 Å². The fourth-order valence-electron chi connectivity index (χ4n) is 2.37. The van der Waals surface area contributed by atoms with Gasteiger partial charge in [-0.3, -0.25) is 0 Å². The third-order valence-corrected chi connectivity index (χ3v) is 3.10. The van der Waals surface area contributed by atoms with Gasteiger partial charge in [0.25, 0.3) is 0 Å². The molecule has 2 rings (SSSR count). The minimum Gasteiger partial charge on any atom is -0.327 e. The minimum atomic E-state index is -0.130. The molecule has 0 saturated heterocycles. The molecule has 2 heteroatoms. The standard InChI is InChI=1S/C12H16FN/c1-8(14)11-4-2-3-9-7-10(13)5-6-12(9)11/h5-8,11H,2-4,14H2,1H3. The van der Waals surface area contributed by atoms with Crippen LogP contribution in [-0.2, 0) is 6.42 Å². The predicted molar refractivity (Wildman–Crippen MR) is 55.7 cm³/mol. The fourth-order valence-corrected chi connectivity index (χ4v) is 2.37. The summed E-state index contributed by atoms with van der Waals surface area (Å²) in [6.45, 7) is 2.03. The van der Waals surface area contributed by atoms with Crippen molar-refractivity contribution in [3.8, 4) is 0 Å². The Hall–Kier alpha value is -0.890. The fraction of sp³-hybridized carbons (Fsp3) is 0.500. The second-order valence-corrected chi connectivity index (χ2v) is 4.20. The van der Waals surface area contributed by atoms with E-state index >= 15 is 0 Å². The van der Waals surface area contributed by atoms with E-state index in [1.54, 1.807) is 12.1 Å². The predicted octanol–water partition coefficient (Wildman–Crippen LogP) is 2.59. The maximum atomic E-state index is 13.0. The zero-order chi connectivity index (χ0) is 10.1. The Balaban J connectivity index is 2.40. The lowest BCUT2D eigenvalue weighted by Crippen LogP contribution is -2.27. The molecule has 0 bridgehead atoms. The summed E-state index contributed by atoms with van der Waals surface area (Å²) in [6.07, 6.45) is 3.26. The molecule has 2 atom stereocenters. The highest BCUT2D eigenvalue weighted by atomic mass is 19.1. The van der Waals surface area contributed by atoms with Crippen LogP contribution in [0.5, 0.6) is 0 Å². The highest BCUT2D eigenvalue weighted by molar-refractivity contribution is 5.34. The Labute approximate surface area is 84.1 Å². The van der Waals surface area contributed by atoms with Crippen molar-refractivity contribution >= 4 is 0 Å². The third kappa shape index (κ3) is 1.67. The van der Waals surface area contributed by atoms with Crippen LogP contribution in [0, 0.1) is 5.82 Å².